The smallest absolute Gasteiger partial charge is 0.332 e. The molecule has 6 rings (SSSR count). The molecule has 1 aliphatic heterocycles. The zero-order chi connectivity index (χ0) is 23.7. The Labute approximate surface area is 194 Å². The van der Waals surface area contributed by atoms with Crippen molar-refractivity contribution in [3.05, 3.63) is 98.7 Å². The molecule has 0 fully saturated rings. The van der Waals surface area contributed by atoms with Gasteiger partial charge in [0.1, 0.15) is 5.65 Å². The van der Waals surface area contributed by atoms with Crippen LogP contribution in [0.15, 0.2) is 76.3 Å². The van der Waals surface area contributed by atoms with E-state index in [1.807, 2.05) is 66.7 Å². The maximum Gasteiger partial charge on any atom is 0.332 e. The average Bonchev–Trinajstić information content (AvgIpc) is 3.37. The highest BCUT2D eigenvalue weighted by atomic mass is 16.2. The number of fused-ring (bicyclic) bond motifs is 3. The molecule has 0 radical (unpaired) electrons. The van der Waals surface area contributed by atoms with E-state index in [2.05, 4.69) is 4.98 Å². The second-order valence-electron chi connectivity index (χ2n) is 8.79. The molecule has 0 saturated carbocycles. The van der Waals surface area contributed by atoms with Crippen LogP contribution in [0.25, 0.3) is 33.1 Å². The molecule has 0 saturated heterocycles. The van der Waals surface area contributed by atoms with E-state index in [4.69, 9.17) is 0 Å². The number of benzene rings is 3. The third-order valence-corrected chi connectivity index (χ3v) is 6.96. The van der Waals surface area contributed by atoms with Gasteiger partial charge in [0.15, 0.2) is 0 Å². The minimum absolute atomic E-state index is 0.111. The summed E-state index contributed by atoms with van der Waals surface area (Å²) in [5.74, 6) is -0.776. The van der Waals surface area contributed by atoms with E-state index in [0.717, 1.165) is 32.2 Å². The molecular weight excluding hydrogens is 428 g/mol. The number of likely N-dealkylation sites (N-methyl/N-ethyl adjacent to an activating group) is 1. The number of hydrogen-bond acceptors (Lipinski definition) is 3. The zero-order valence-corrected chi connectivity index (χ0v) is 19.0. The Morgan fingerprint density at radius 1 is 0.794 bits per heavy atom. The number of nitrogens with zero attached hydrogens (tertiary/aromatic N) is 3. The number of carbonyl (C=O) groups is 1. The highest BCUT2D eigenvalue weighted by molar-refractivity contribution is 6.10. The van der Waals surface area contributed by atoms with Crippen molar-refractivity contribution in [2.45, 2.75) is 5.92 Å². The van der Waals surface area contributed by atoms with Gasteiger partial charge in [0, 0.05) is 32.4 Å². The van der Waals surface area contributed by atoms with E-state index in [1.54, 1.807) is 19.0 Å². The van der Waals surface area contributed by atoms with Crippen LogP contribution in [0.4, 0.5) is 5.69 Å². The van der Waals surface area contributed by atoms with Crippen LogP contribution in [0.2, 0.25) is 0 Å². The van der Waals surface area contributed by atoms with Crippen LogP contribution in [0.1, 0.15) is 17.0 Å². The van der Waals surface area contributed by atoms with E-state index >= 15 is 0 Å². The van der Waals surface area contributed by atoms with Crippen LogP contribution < -0.4 is 16.1 Å². The number of aromatic nitrogens is 3. The normalized spacial score (nSPS) is 15.4. The van der Waals surface area contributed by atoms with Crippen molar-refractivity contribution in [1.29, 1.82) is 0 Å². The molecule has 1 aliphatic rings. The fourth-order valence-electron chi connectivity index (χ4n) is 5.17. The number of nitrogens with one attached hydrogen (secondary N) is 1. The summed E-state index contributed by atoms with van der Waals surface area (Å²) < 4.78 is 2.53. The number of carbonyl (C=O) groups excluding carboxylic acids is 1. The van der Waals surface area contributed by atoms with Gasteiger partial charge in [0.2, 0.25) is 5.91 Å². The molecule has 2 aromatic heterocycles. The molecule has 3 aromatic carbocycles. The molecule has 1 N–H and O–H groups in total. The molecule has 3 heterocycles. The summed E-state index contributed by atoms with van der Waals surface area (Å²) in [6.45, 7) is 0. The molecule has 168 valence electrons. The van der Waals surface area contributed by atoms with E-state index in [9.17, 15) is 14.4 Å². The van der Waals surface area contributed by atoms with Gasteiger partial charge in [-0.05, 0) is 34.0 Å². The van der Waals surface area contributed by atoms with Gasteiger partial charge in [-0.2, -0.15) is 0 Å². The third kappa shape index (κ3) is 2.61. The van der Waals surface area contributed by atoms with E-state index < -0.39 is 17.2 Å². The van der Waals surface area contributed by atoms with Gasteiger partial charge < -0.3 is 9.88 Å². The molecule has 0 bridgehead atoms. The van der Waals surface area contributed by atoms with Gasteiger partial charge >= 0.3 is 5.69 Å². The van der Waals surface area contributed by atoms with Crippen molar-refractivity contribution in [1.82, 2.24) is 14.1 Å². The Balaban J connectivity index is 1.76. The fraction of sp³-hybridized carbons (Fsp3) is 0.148. The molecule has 34 heavy (non-hydrogen) atoms. The number of amides is 1. The number of hydrogen-bond donors (Lipinski definition) is 1. The van der Waals surface area contributed by atoms with Gasteiger partial charge in [-0.3, -0.25) is 18.7 Å². The van der Waals surface area contributed by atoms with Crippen LogP contribution >= 0.6 is 0 Å². The molecule has 5 aromatic rings. The Bertz CT molecular complexity index is 1770. The molecule has 7 nitrogen and oxygen atoms in total. The first-order valence-corrected chi connectivity index (χ1v) is 11.1. The third-order valence-electron chi connectivity index (χ3n) is 6.96. The Kier molecular flexibility index (Phi) is 4.20. The Morgan fingerprint density at radius 3 is 2.29 bits per heavy atom. The number of H-pyrrole nitrogens is 1. The van der Waals surface area contributed by atoms with Gasteiger partial charge in [-0.25, -0.2) is 4.79 Å². The lowest BCUT2D eigenvalue weighted by Gasteiger charge is -2.14. The second-order valence-corrected chi connectivity index (χ2v) is 8.79. The van der Waals surface area contributed by atoms with E-state index in [1.165, 1.54) is 11.6 Å². The van der Waals surface area contributed by atoms with Gasteiger partial charge in [0.25, 0.3) is 5.56 Å². The molecule has 0 unspecified atom stereocenters. The van der Waals surface area contributed by atoms with Gasteiger partial charge in [-0.1, -0.05) is 54.6 Å². The molecule has 1 atom stereocenters. The summed E-state index contributed by atoms with van der Waals surface area (Å²) in [6.07, 6.45) is 0. The SMILES string of the molecule is CN1C(=O)[C@H](c2c(-c3ccc4ccccc4c3)[nH]c3c2c(=O)n(C)c(=O)n3C)c2ccccc21. The lowest BCUT2D eigenvalue weighted by Crippen LogP contribution is -2.37. The van der Waals surface area contributed by atoms with Crippen LogP contribution in [-0.2, 0) is 18.9 Å². The first-order chi connectivity index (χ1) is 16.4. The first-order valence-electron chi connectivity index (χ1n) is 11.1. The molecule has 7 heteroatoms. The van der Waals surface area contributed by atoms with Crippen molar-refractivity contribution in [3.8, 4) is 11.3 Å². The van der Waals surface area contributed by atoms with E-state index in [-0.39, 0.29) is 5.91 Å². The number of rotatable bonds is 2. The quantitative estimate of drug-likeness (QED) is 0.447. The largest absolute Gasteiger partial charge is 0.340 e. The average molecular weight is 450 g/mol. The van der Waals surface area contributed by atoms with Crippen molar-refractivity contribution >= 4 is 33.4 Å². The maximum atomic E-state index is 13.6. The molecule has 1 amide bonds. The van der Waals surface area contributed by atoms with Crippen LogP contribution in [0, 0.1) is 0 Å². The van der Waals surface area contributed by atoms with Crippen LogP contribution in [0.5, 0.6) is 0 Å². The highest BCUT2D eigenvalue weighted by Crippen LogP contribution is 2.45. The van der Waals surface area contributed by atoms with Crippen molar-refractivity contribution in [2.24, 2.45) is 14.1 Å². The maximum absolute atomic E-state index is 13.6. The monoisotopic (exact) mass is 450 g/mol. The lowest BCUT2D eigenvalue weighted by molar-refractivity contribution is -0.118. The molecular formula is C27H22N4O3. The van der Waals surface area contributed by atoms with Crippen LogP contribution in [0.3, 0.4) is 0 Å². The summed E-state index contributed by atoms with van der Waals surface area (Å²) in [7, 11) is 4.85. The predicted octanol–water partition coefficient (Wildman–Crippen LogP) is 3.49. The van der Waals surface area contributed by atoms with Crippen molar-refractivity contribution in [3.63, 3.8) is 0 Å². The van der Waals surface area contributed by atoms with E-state index in [0.29, 0.717) is 22.3 Å². The molecule has 0 aliphatic carbocycles. The predicted molar refractivity (Wildman–Crippen MR) is 133 cm³/mol. The zero-order valence-electron chi connectivity index (χ0n) is 19.0. The first kappa shape index (κ1) is 20.2. The number of anilines is 1. The summed E-state index contributed by atoms with van der Waals surface area (Å²) in [5.41, 5.74) is 3.34. The number of para-hydroxylation sites is 1. The lowest BCUT2D eigenvalue weighted by atomic mass is 9.88. The fourth-order valence-corrected chi connectivity index (χ4v) is 5.17. The topological polar surface area (TPSA) is 80.1 Å². The summed E-state index contributed by atoms with van der Waals surface area (Å²) in [5, 5.41) is 2.49. The minimum Gasteiger partial charge on any atom is -0.340 e. The number of aryl methyl sites for hydroxylation is 1. The molecule has 0 spiro atoms. The highest BCUT2D eigenvalue weighted by Gasteiger charge is 2.40. The van der Waals surface area contributed by atoms with Crippen molar-refractivity contribution in [2.75, 3.05) is 11.9 Å². The Morgan fingerprint density at radius 2 is 1.50 bits per heavy atom. The Hall–Kier alpha value is -4.39. The van der Waals surface area contributed by atoms with Crippen LogP contribution in [-0.4, -0.2) is 27.1 Å². The minimum atomic E-state index is -0.665. The number of aromatic amines is 1. The standard InChI is InChI=1S/C27H22N4O3/c1-29-19-11-7-6-10-18(19)20(25(29)32)21-22-24(30(2)27(34)31(3)26(22)33)28-23(21)17-13-12-15-8-4-5-9-16(15)14-17/h4-14,20,28H,1-3H3/t20-/m0/s1. The summed E-state index contributed by atoms with van der Waals surface area (Å²) >= 11 is 0. The van der Waals surface area contributed by atoms with Gasteiger partial charge in [-0.15, -0.1) is 0 Å². The second kappa shape index (κ2) is 7.05. The van der Waals surface area contributed by atoms with Crippen molar-refractivity contribution < 1.29 is 4.79 Å². The summed E-state index contributed by atoms with van der Waals surface area (Å²) in [6, 6.07) is 21.7. The summed E-state index contributed by atoms with van der Waals surface area (Å²) in [4.78, 5) is 44.7. The van der Waals surface area contributed by atoms with Gasteiger partial charge in [0.05, 0.1) is 17.0 Å².